The minimum Gasteiger partial charge on any atom is -0.459 e. The quantitative estimate of drug-likeness (QED) is 0.779. The van der Waals surface area contributed by atoms with Crippen molar-refractivity contribution in [1.29, 1.82) is 5.26 Å². The van der Waals surface area contributed by atoms with Crippen LogP contribution in [-0.2, 0) is 14.9 Å². The van der Waals surface area contributed by atoms with Crippen LogP contribution < -0.4 is 0 Å². The lowest BCUT2D eigenvalue weighted by Crippen LogP contribution is -2.38. The van der Waals surface area contributed by atoms with Gasteiger partial charge in [0.05, 0.1) is 6.07 Å². The molecule has 5 heteroatoms. The van der Waals surface area contributed by atoms with Crippen LogP contribution in [0.1, 0.15) is 33.3 Å². The first-order chi connectivity index (χ1) is 8.62. The van der Waals surface area contributed by atoms with Gasteiger partial charge in [-0.15, -0.1) is 0 Å². The van der Waals surface area contributed by atoms with Crippen LogP contribution in [0.5, 0.6) is 0 Å². The Balaban J connectivity index is 3.33. The van der Waals surface area contributed by atoms with E-state index in [0.717, 1.165) is 6.07 Å². The highest BCUT2D eigenvalue weighted by Gasteiger charge is 2.42. The van der Waals surface area contributed by atoms with E-state index in [1.807, 2.05) is 0 Å². The summed E-state index contributed by atoms with van der Waals surface area (Å²) in [6.45, 7) is 6.31. The van der Waals surface area contributed by atoms with Gasteiger partial charge in [-0.25, -0.2) is 9.18 Å². The van der Waals surface area contributed by atoms with E-state index < -0.39 is 22.8 Å². The molecule has 0 heterocycles. The van der Waals surface area contributed by atoms with Crippen molar-refractivity contribution < 1.29 is 13.9 Å². The summed E-state index contributed by atoms with van der Waals surface area (Å²) in [5, 5.41) is 9.30. The molecule has 1 atom stereocenters. The molecule has 0 bridgehead atoms. The molecular formula is C14H15ClFNO2. The third-order valence-corrected chi connectivity index (χ3v) is 2.81. The van der Waals surface area contributed by atoms with E-state index in [4.69, 9.17) is 16.3 Å². The van der Waals surface area contributed by atoms with Crippen molar-refractivity contribution in [3.63, 3.8) is 0 Å². The van der Waals surface area contributed by atoms with Crippen molar-refractivity contribution in [3.8, 4) is 6.07 Å². The SMILES string of the molecule is CC(C)(C)OC(=O)C(C)(C#N)c1c(F)cccc1Cl. The predicted octanol–water partition coefficient (Wildman–Crippen LogP) is 3.60. The highest BCUT2D eigenvalue weighted by atomic mass is 35.5. The molecule has 1 aromatic carbocycles. The lowest BCUT2D eigenvalue weighted by Gasteiger charge is -2.27. The molecule has 0 saturated carbocycles. The maximum absolute atomic E-state index is 13.9. The number of nitrogens with zero attached hydrogens (tertiary/aromatic N) is 1. The maximum Gasteiger partial charge on any atom is 0.331 e. The van der Waals surface area contributed by atoms with Gasteiger partial charge < -0.3 is 4.74 Å². The monoisotopic (exact) mass is 283 g/mol. The Morgan fingerprint density at radius 2 is 1.95 bits per heavy atom. The minimum absolute atomic E-state index is 0.0231. The van der Waals surface area contributed by atoms with E-state index in [0.29, 0.717) is 0 Å². The van der Waals surface area contributed by atoms with Crippen LogP contribution in [0.3, 0.4) is 0 Å². The van der Waals surface area contributed by atoms with Crippen LogP contribution in [0.15, 0.2) is 18.2 Å². The molecule has 0 aromatic heterocycles. The number of carbonyl (C=O) groups is 1. The van der Waals surface area contributed by atoms with Crippen molar-refractivity contribution in [2.45, 2.75) is 38.7 Å². The third kappa shape index (κ3) is 3.24. The average Bonchev–Trinajstić information content (AvgIpc) is 2.26. The summed E-state index contributed by atoms with van der Waals surface area (Å²) < 4.78 is 19.1. The van der Waals surface area contributed by atoms with Crippen LogP contribution in [0, 0.1) is 17.1 Å². The molecule has 1 rings (SSSR count). The summed E-state index contributed by atoms with van der Waals surface area (Å²) in [4.78, 5) is 12.1. The zero-order chi connectivity index (χ0) is 14.8. The maximum atomic E-state index is 13.9. The summed E-state index contributed by atoms with van der Waals surface area (Å²) in [7, 11) is 0. The Bertz CT molecular complexity index is 525. The molecule has 0 amide bonds. The fraction of sp³-hybridized carbons (Fsp3) is 0.429. The van der Waals surface area contributed by atoms with Gasteiger partial charge in [0.2, 0.25) is 0 Å². The number of benzene rings is 1. The van der Waals surface area contributed by atoms with Crippen molar-refractivity contribution in [1.82, 2.24) is 0 Å². The Kier molecular flexibility index (Phi) is 4.21. The van der Waals surface area contributed by atoms with Crippen LogP contribution in [0.25, 0.3) is 0 Å². The number of esters is 1. The lowest BCUT2D eigenvalue weighted by molar-refractivity contribution is -0.159. The average molecular weight is 284 g/mol. The summed E-state index contributed by atoms with van der Waals surface area (Å²) >= 11 is 5.91. The van der Waals surface area contributed by atoms with Gasteiger partial charge in [0.1, 0.15) is 11.4 Å². The first kappa shape index (κ1) is 15.5. The highest BCUT2D eigenvalue weighted by Crippen LogP contribution is 2.34. The molecule has 3 nitrogen and oxygen atoms in total. The number of halogens is 2. The van der Waals surface area contributed by atoms with Crippen LogP contribution in [-0.4, -0.2) is 11.6 Å². The molecule has 0 radical (unpaired) electrons. The normalized spacial score (nSPS) is 14.4. The van der Waals surface area contributed by atoms with Crippen LogP contribution in [0.2, 0.25) is 5.02 Å². The van der Waals surface area contributed by atoms with E-state index >= 15 is 0 Å². The Hall–Kier alpha value is -1.60. The van der Waals surface area contributed by atoms with E-state index in [1.165, 1.54) is 19.1 Å². The third-order valence-electron chi connectivity index (χ3n) is 2.49. The van der Waals surface area contributed by atoms with Gasteiger partial charge in [-0.3, -0.25) is 0 Å². The van der Waals surface area contributed by atoms with Gasteiger partial charge in [-0.05, 0) is 39.8 Å². The second kappa shape index (κ2) is 5.18. The molecule has 1 unspecified atom stereocenters. The Morgan fingerprint density at radius 3 is 2.37 bits per heavy atom. The fourth-order valence-electron chi connectivity index (χ4n) is 1.56. The molecule has 102 valence electrons. The van der Waals surface area contributed by atoms with E-state index in [1.54, 1.807) is 26.8 Å². The van der Waals surface area contributed by atoms with Gasteiger partial charge in [0.15, 0.2) is 5.41 Å². The van der Waals surface area contributed by atoms with Gasteiger partial charge in [0, 0.05) is 10.6 Å². The first-order valence-corrected chi connectivity index (χ1v) is 6.09. The number of ether oxygens (including phenoxy) is 1. The number of carbonyl (C=O) groups excluding carboxylic acids is 1. The second-order valence-corrected chi connectivity index (χ2v) is 5.74. The molecule has 0 aliphatic heterocycles. The molecule has 0 spiro atoms. The minimum atomic E-state index is -1.78. The van der Waals surface area contributed by atoms with E-state index in [9.17, 15) is 14.4 Å². The summed E-state index contributed by atoms with van der Waals surface area (Å²) in [5.41, 5.74) is -2.71. The molecule has 0 saturated heterocycles. The number of rotatable bonds is 2. The summed E-state index contributed by atoms with van der Waals surface area (Å²) in [6.07, 6.45) is 0. The van der Waals surface area contributed by atoms with E-state index in [2.05, 4.69) is 0 Å². The van der Waals surface area contributed by atoms with Crippen molar-refractivity contribution in [3.05, 3.63) is 34.6 Å². The molecule has 1 aromatic rings. The molecule has 19 heavy (non-hydrogen) atoms. The second-order valence-electron chi connectivity index (χ2n) is 5.34. The van der Waals surface area contributed by atoms with Gasteiger partial charge in [0.25, 0.3) is 0 Å². The fourth-order valence-corrected chi connectivity index (χ4v) is 1.91. The smallest absolute Gasteiger partial charge is 0.331 e. The summed E-state index contributed by atoms with van der Waals surface area (Å²) in [5.74, 6) is -1.53. The van der Waals surface area contributed by atoms with Crippen molar-refractivity contribution in [2.75, 3.05) is 0 Å². The molecular weight excluding hydrogens is 269 g/mol. The van der Waals surface area contributed by atoms with Crippen molar-refractivity contribution >= 4 is 17.6 Å². The molecule has 0 fully saturated rings. The van der Waals surface area contributed by atoms with Crippen LogP contribution >= 0.6 is 11.6 Å². The zero-order valence-corrected chi connectivity index (χ0v) is 12.0. The molecule has 0 aliphatic carbocycles. The number of nitriles is 1. The first-order valence-electron chi connectivity index (χ1n) is 5.71. The van der Waals surface area contributed by atoms with Crippen LogP contribution in [0.4, 0.5) is 4.39 Å². The number of hydrogen-bond donors (Lipinski definition) is 0. The summed E-state index contributed by atoms with van der Waals surface area (Å²) in [6, 6.07) is 5.79. The highest BCUT2D eigenvalue weighted by molar-refractivity contribution is 6.31. The van der Waals surface area contributed by atoms with E-state index in [-0.39, 0.29) is 10.6 Å². The Morgan fingerprint density at radius 1 is 1.37 bits per heavy atom. The predicted molar refractivity (Wildman–Crippen MR) is 70.2 cm³/mol. The zero-order valence-electron chi connectivity index (χ0n) is 11.3. The molecule has 0 N–H and O–H groups in total. The Labute approximate surface area is 116 Å². The van der Waals surface area contributed by atoms with Crippen molar-refractivity contribution in [2.24, 2.45) is 0 Å². The largest absolute Gasteiger partial charge is 0.459 e. The van der Waals surface area contributed by atoms with Gasteiger partial charge in [-0.1, -0.05) is 17.7 Å². The molecule has 0 aliphatic rings. The van der Waals surface area contributed by atoms with Gasteiger partial charge >= 0.3 is 5.97 Å². The number of hydrogen-bond acceptors (Lipinski definition) is 3. The lowest BCUT2D eigenvalue weighted by atomic mass is 9.83. The topological polar surface area (TPSA) is 50.1 Å². The van der Waals surface area contributed by atoms with Gasteiger partial charge in [-0.2, -0.15) is 5.26 Å². The standard InChI is InChI=1S/C14H15ClFNO2/c1-13(2,3)19-12(18)14(4,8-17)11-9(15)6-5-7-10(11)16/h5-7H,1-4H3.